The van der Waals surface area contributed by atoms with E-state index in [1.807, 2.05) is 13.1 Å². The fraction of sp³-hybridized carbons (Fsp3) is 0.538. The highest BCUT2D eigenvalue weighted by Crippen LogP contribution is 2.29. The summed E-state index contributed by atoms with van der Waals surface area (Å²) >= 11 is 0. The van der Waals surface area contributed by atoms with Crippen molar-refractivity contribution >= 4 is 11.6 Å². The molecule has 1 aliphatic carbocycles. The van der Waals surface area contributed by atoms with Crippen molar-refractivity contribution in [3.05, 3.63) is 24.0 Å². The van der Waals surface area contributed by atoms with Gasteiger partial charge in [0.15, 0.2) is 0 Å². The van der Waals surface area contributed by atoms with Gasteiger partial charge < -0.3 is 10.6 Å². The van der Waals surface area contributed by atoms with Gasteiger partial charge in [0, 0.05) is 24.5 Å². The van der Waals surface area contributed by atoms with Gasteiger partial charge in [-0.25, -0.2) is 0 Å². The highest BCUT2D eigenvalue weighted by Gasteiger charge is 2.30. The van der Waals surface area contributed by atoms with Crippen molar-refractivity contribution in [3.63, 3.8) is 0 Å². The first-order valence-corrected chi connectivity index (χ1v) is 6.09. The van der Waals surface area contributed by atoms with Gasteiger partial charge in [-0.15, -0.1) is 0 Å². The quantitative estimate of drug-likeness (QED) is 0.841. The van der Waals surface area contributed by atoms with Gasteiger partial charge >= 0.3 is 0 Å². The summed E-state index contributed by atoms with van der Waals surface area (Å²) in [5.74, 6) is -0.0773. The zero-order valence-electron chi connectivity index (χ0n) is 10.4. The molecule has 1 aromatic heterocycles. The summed E-state index contributed by atoms with van der Waals surface area (Å²) in [6, 6.07) is 3.61. The van der Waals surface area contributed by atoms with E-state index in [0.29, 0.717) is 5.69 Å². The number of nitrogens with one attached hydrogen (secondary N) is 2. The normalized spacial score (nSPS) is 17.8. The van der Waals surface area contributed by atoms with Crippen LogP contribution in [-0.2, 0) is 0 Å². The van der Waals surface area contributed by atoms with Gasteiger partial charge in [-0.3, -0.25) is 9.78 Å². The van der Waals surface area contributed by atoms with Crippen LogP contribution in [0.1, 0.15) is 43.1 Å². The van der Waals surface area contributed by atoms with Crippen molar-refractivity contribution in [2.75, 3.05) is 12.4 Å². The highest BCUT2D eigenvalue weighted by atomic mass is 16.2. The first kappa shape index (κ1) is 11.9. The lowest BCUT2D eigenvalue weighted by molar-refractivity contribution is 0.0903. The van der Waals surface area contributed by atoms with Gasteiger partial charge in [-0.2, -0.15) is 0 Å². The molecule has 1 amide bonds. The minimum atomic E-state index is -0.0773. The van der Waals surface area contributed by atoms with Crippen molar-refractivity contribution < 1.29 is 4.79 Å². The summed E-state index contributed by atoms with van der Waals surface area (Å²) in [6.45, 7) is 2.11. The monoisotopic (exact) mass is 233 g/mol. The van der Waals surface area contributed by atoms with E-state index in [0.717, 1.165) is 18.5 Å². The standard InChI is InChI=1S/C13H19N3O/c1-13(6-3-4-7-13)16-12(17)11-9-10(14-2)5-8-15-11/h5,8-9H,3-4,6-7H2,1-2H3,(H,14,15)(H,16,17). The molecule has 0 aromatic carbocycles. The third kappa shape index (κ3) is 2.75. The Morgan fingerprint density at radius 1 is 1.41 bits per heavy atom. The summed E-state index contributed by atoms with van der Waals surface area (Å²) in [6.07, 6.45) is 6.16. The van der Waals surface area contributed by atoms with Gasteiger partial charge in [0.1, 0.15) is 5.69 Å². The van der Waals surface area contributed by atoms with E-state index in [2.05, 4.69) is 22.5 Å². The summed E-state index contributed by atoms with van der Waals surface area (Å²) < 4.78 is 0. The fourth-order valence-corrected chi connectivity index (χ4v) is 2.33. The Bertz CT molecular complexity index is 411. The molecule has 4 heteroatoms. The number of carbonyl (C=O) groups is 1. The molecule has 17 heavy (non-hydrogen) atoms. The minimum absolute atomic E-state index is 0.0472. The number of aromatic nitrogens is 1. The Labute approximate surface area is 102 Å². The summed E-state index contributed by atoms with van der Waals surface area (Å²) in [5.41, 5.74) is 1.33. The van der Waals surface area contributed by atoms with Crippen LogP contribution in [0.4, 0.5) is 5.69 Å². The van der Waals surface area contributed by atoms with E-state index in [1.165, 1.54) is 12.8 Å². The number of amides is 1. The lowest BCUT2D eigenvalue weighted by atomic mass is 10.0. The maximum absolute atomic E-state index is 12.1. The van der Waals surface area contributed by atoms with Gasteiger partial charge in [0.25, 0.3) is 5.91 Å². The third-order valence-electron chi connectivity index (χ3n) is 3.40. The SMILES string of the molecule is CNc1ccnc(C(=O)NC2(C)CCCC2)c1. The lowest BCUT2D eigenvalue weighted by Gasteiger charge is -2.25. The maximum atomic E-state index is 12.1. The van der Waals surface area contributed by atoms with Gasteiger partial charge in [-0.1, -0.05) is 12.8 Å². The Morgan fingerprint density at radius 3 is 2.76 bits per heavy atom. The van der Waals surface area contributed by atoms with Crippen molar-refractivity contribution in [2.45, 2.75) is 38.1 Å². The molecule has 0 radical (unpaired) electrons. The molecule has 0 atom stereocenters. The molecular formula is C13H19N3O. The van der Waals surface area contributed by atoms with Gasteiger partial charge in [0.2, 0.25) is 0 Å². The van der Waals surface area contributed by atoms with Crippen LogP contribution < -0.4 is 10.6 Å². The average Bonchev–Trinajstić information content (AvgIpc) is 2.76. The molecule has 1 fully saturated rings. The van der Waals surface area contributed by atoms with Crippen LogP contribution in [0.3, 0.4) is 0 Å². The second-order valence-electron chi connectivity index (χ2n) is 4.90. The molecule has 1 aliphatic rings. The number of anilines is 1. The van der Waals surface area contributed by atoms with E-state index in [4.69, 9.17) is 0 Å². The molecule has 2 rings (SSSR count). The summed E-state index contributed by atoms with van der Waals surface area (Å²) in [4.78, 5) is 16.2. The first-order valence-electron chi connectivity index (χ1n) is 6.09. The Kier molecular flexibility index (Phi) is 3.31. The number of hydrogen-bond donors (Lipinski definition) is 2. The minimum Gasteiger partial charge on any atom is -0.388 e. The zero-order valence-corrected chi connectivity index (χ0v) is 10.4. The predicted molar refractivity (Wildman–Crippen MR) is 68.1 cm³/mol. The first-order chi connectivity index (χ1) is 8.13. The van der Waals surface area contributed by atoms with Crippen molar-refractivity contribution in [3.8, 4) is 0 Å². The van der Waals surface area contributed by atoms with Crippen LogP contribution in [0.5, 0.6) is 0 Å². The number of nitrogens with zero attached hydrogens (tertiary/aromatic N) is 1. The largest absolute Gasteiger partial charge is 0.388 e. The second-order valence-corrected chi connectivity index (χ2v) is 4.90. The molecule has 1 heterocycles. The molecular weight excluding hydrogens is 214 g/mol. The highest BCUT2D eigenvalue weighted by molar-refractivity contribution is 5.93. The number of pyridine rings is 1. The third-order valence-corrected chi connectivity index (χ3v) is 3.40. The van der Waals surface area contributed by atoms with E-state index >= 15 is 0 Å². The Balaban J connectivity index is 2.08. The predicted octanol–water partition coefficient (Wildman–Crippen LogP) is 2.19. The molecule has 0 saturated heterocycles. The smallest absolute Gasteiger partial charge is 0.270 e. The van der Waals surface area contributed by atoms with Gasteiger partial charge in [-0.05, 0) is 31.9 Å². The van der Waals surface area contributed by atoms with E-state index in [1.54, 1.807) is 12.3 Å². The average molecular weight is 233 g/mol. The molecule has 0 spiro atoms. The topological polar surface area (TPSA) is 54.0 Å². The van der Waals surface area contributed by atoms with Crippen LogP contribution in [0.15, 0.2) is 18.3 Å². The molecule has 2 N–H and O–H groups in total. The molecule has 0 unspecified atom stereocenters. The molecule has 1 aromatic rings. The molecule has 0 aliphatic heterocycles. The van der Waals surface area contributed by atoms with Crippen molar-refractivity contribution in [1.29, 1.82) is 0 Å². The van der Waals surface area contributed by atoms with Gasteiger partial charge in [0.05, 0.1) is 0 Å². The zero-order chi connectivity index (χ0) is 12.3. The van der Waals surface area contributed by atoms with Crippen LogP contribution in [0.2, 0.25) is 0 Å². The number of hydrogen-bond acceptors (Lipinski definition) is 3. The van der Waals surface area contributed by atoms with E-state index < -0.39 is 0 Å². The maximum Gasteiger partial charge on any atom is 0.270 e. The summed E-state index contributed by atoms with van der Waals surface area (Å²) in [5, 5.41) is 6.10. The number of carbonyl (C=O) groups excluding carboxylic acids is 1. The van der Waals surface area contributed by atoms with Crippen molar-refractivity contribution in [2.24, 2.45) is 0 Å². The van der Waals surface area contributed by atoms with Crippen LogP contribution in [0.25, 0.3) is 0 Å². The molecule has 4 nitrogen and oxygen atoms in total. The van der Waals surface area contributed by atoms with E-state index in [9.17, 15) is 4.79 Å². The Hall–Kier alpha value is -1.58. The molecule has 92 valence electrons. The second kappa shape index (κ2) is 4.73. The van der Waals surface area contributed by atoms with Crippen LogP contribution in [0, 0.1) is 0 Å². The molecule has 1 saturated carbocycles. The number of rotatable bonds is 3. The Morgan fingerprint density at radius 2 is 2.12 bits per heavy atom. The lowest BCUT2D eigenvalue weighted by Crippen LogP contribution is -2.43. The molecule has 0 bridgehead atoms. The summed E-state index contributed by atoms with van der Waals surface area (Å²) in [7, 11) is 1.83. The van der Waals surface area contributed by atoms with E-state index in [-0.39, 0.29) is 11.4 Å². The van der Waals surface area contributed by atoms with Crippen LogP contribution >= 0.6 is 0 Å². The van der Waals surface area contributed by atoms with Crippen molar-refractivity contribution in [1.82, 2.24) is 10.3 Å². The van der Waals surface area contributed by atoms with Crippen LogP contribution in [-0.4, -0.2) is 23.5 Å². The fourth-order valence-electron chi connectivity index (χ4n) is 2.33.